The van der Waals surface area contributed by atoms with Gasteiger partial charge in [0, 0.05) is 22.8 Å². The highest BCUT2D eigenvalue weighted by molar-refractivity contribution is 7.80. The standard InChI is InChI=1S/C21H23Cl2N3O3S/c1-3-4-8-19(27)24-15-6-5-7-16(12-15)25-21(30)26-20(28)13(2)29-18-10-9-14(22)11-17(18)23/h5-7,9-13H,3-4,8H2,1-2H3,(H,24,27)(H2,25,26,28,30). The Bertz CT molecular complexity index is 924. The van der Waals surface area contributed by atoms with Gasteiger partial charge in [0.25, 0.3) is 5.91 Å². The number of ether oxygens (including phenoxy) is 1. The molecule has 0 spiro atoms. The third-order valence-electron chi connectivity index (χ3n) is 3.97. The Morgan fingerprint density at radius 1 is 1.10 bits per heavy atom. The lowest BCUT2D eigenvalue weighted by molar-refractivity contribution is -0.125. The Kier molecular flexibility index (Phi) is 9.36. The summed E-state index contributed by atoms with van der Waals surface area (Å²) in [4.78, 5) is 24.2. The van der Waals surface area contributed by atoms with Crippen molar-refractivity contribution in [3.8, 4) is 5.75 Å². The van der Waals surface area contributed by atoms with Crippen LogP contribution in [0.25, 0.3) is 0 Å². The number of hydrogen-bond acceptors (Lipinski definition) is 4. The van der Waals surface area contributed by atoms with Gasteiger partial charge in [-0.05, 0) is 62.0 Å². The molecule has 0 heterocycles. The summed E-state index contributed by atoms with van der Waals surface area (Å²) in [5.41, 5.74) is 1.27. The van der Waals surface area contributed by atoms with Crippen molar-refractivity contribution < 1.29 is 14.3 Å². The van der Waals surface area contributed by atoms with Gasteiger partial charge in [-0.25, -0.2) is 0 Å². The van der Waals surface area contributed by atoms with Crippen LogP contribution in [-0.4, -0.2) is 23.0 Å². The summed E-state index contributed by atoms with van der Waals surface area (Å²) in [6, 6.07) is 11.8. The number of anilines is 2. The van der Waals surface area contributed by atoms with Crippen LogP contribution in [-0.2, 0) is 9.59 Å². The highest BCUT2D eigenvalue weighted by Crippen LogP contribution is 2.28. The highest BCUT2D eigenvalue weighted by Gasteiger charge is 2.17. The fourth-order valence-corrected chi connectivity index (χ4v) is 3.10. The minimum Gasteiger partial charge on any atom is -0.479 e. The van der Waals surface area contributed by atoms with Crippen molar-refractivity contribution in [3.05, 3.63) is 52.5 Å². The number of unbranched alkanes of at least 4 members (excludes halogenated alkanes) is 1. The first-order valence-electron chi connectivity index (χ1n) is 9.42. The number of hydrogen-bond donors (Lipinski definition) is 3. The van der Waals surface area contributed by atoms with Crippen molar-refractivity contribution in [1.82, 2.24) is 5.32 Å². The van der Waals surface area contributed by atoms with Crippen LogP contribution < -0.4 is 20.7 Å². The van der Waals surface area contributed by atoms with E-state index < -0.39 is 12.0 Å². The van der Waals surface area contributed by atoms with Gasteiger partial charge >= 0.3 is 0 Å². The molecule has 2 rings (SSSR count). The molecule has 2 aromatic rings. The number of carbonyl (C=O) groups is 2. The summed E-state index contributed by atoms with van der Waals surface area (Å²) in [6.45, 7) is 3.61. The average Bonchev–Trinajstić information content (AvgIpc) is 2.68. The fourth-order valence-electron chi connectivity index (χ4n) is 2.43. The van der Waals surface area contributed by atoms with Gasteiger partial charge in [0.1, 0.15) is 5.75 Å². The molecule has 1 unspecified atom stereocenters. The van der Waals surface area contributed by atoms with Crippen molar-refractivity contribution >= 4 is 63.7 Å². The molecule has 2 aromatic carbocycles. The van der Waals surface area contributed by atoms with Crippen LogP contribution in [0, 0.1) is 0 Å². The molecule has 30 heavy (non-hydrogen) atoms. The Hall–Kier alpha value is -2.35. The molecule has 3 N–H and O–H groups in total. The van der Waals surface area contributed by atoms with Crippen molar-refractivity contribution in [2.24, 2.45) is 0 Å². The molecule has 0 saturated carbocycles. The lowest BCUT2D eigenvalue weighted by Crippen LogP contribution is -2.42. The summed E-state index contributed by atoms with van der Waals surface area (Å²) in [7, 11) is 0. The molecule has 0 aliphatic carbocycles. The van der Waals surface area contributed by atoms with Crippen molar-refractivity contribution in [1.29, 1.82) is 0 Å². The molecular formula is C21H23Cl2N3O3S. The van der Waals surface area contributed by atoms with E-state index in [0.717, 1.165) is 12.8 Å². The highest BCUT2D eigenvalue weighted by atomic mass is 35.5. The van der Waals surface area contributed by atoms with Gasteiger partial charge in [0.15, 0.2) is 11.2 Å². The van der Waals surface area contributed by atoms with Crippen LogP contribution in [0.5, 0.6) is 5.75 Å². The molecule has 2 amide bonds. The van der Waals surface area contributed by atoms with E-state index in [1.165, 1.54) is 6.07 Å². The number of thiocarbonyl (C=S) groups is 1. The smallest absolute Gasteiger partial charge is 0.266 e. The van der Waals surface area contributed by atoms with E-state index in [4.69, 9.17) is 40.2 Å². The molecule has 1 atom stereocenters. The van der Waals surface area contributed by atoms with Crippen LogP contribution in [0.15, 0.2) is 42.5 Å². The number of nitrogens with one attached hydrogen (secondary N) is 3. The second kappa shape index (κ2) is 11.7. The maximum atomic E-state index is 12.3. The Morgan fingerprint density at radius 3 is 2.47 bits per heavy atom. The zero-order valence-electron chi connectivity index (χ0n) is 16.6. The predicted octanol–water partition coefficient (Wildman–Crippen LogP) is 5.40. The van der Waals surface area contributed by atoms with Gasteiger partial charge in [0.05, 0.1) is 5.02 Å². The van der Waals surface area contributed by atoms with Gasteiger partial charge < -0.3 is 15.4 Å². The zero-order valence-corrected chi connectivity index (χ0v) is 19.0. The van der Waals surface area contributed by atoms with Crippen LogP contribution in [0.2, 0.25) is 10.0 Å². The number of benzene rings is 2. The molecule has 0 fully saturated rings. The first-order chi connectivity index (χ1) is 14.3. The van der Waals surface area contributed by atoms with Gasteiger partial charge in [-0.2, -0.15) is 0 Å². The fraction of sp³-hybridized carbons (Fsp3) is 0.286. The van der Waals surface area contributed by atoms with Crippen LogP contribution in [0.4, 0.5) is 11.4 Å². The van der Waals surface area contributed by atoms with Crippen molar-refractivity contribution in [2.45, 2.75) is 39.2 Å². The van der Waals surface area contributed by atoms with Crippen LogP contribution >= 0.6 is 35.4 Å². The maximum absolute atomic E-state index is 12.3. The average molecular weight is 468 g/mol. The van der Waals surface area contributed by atoms with E-state index in [2.05, 4.69) is 16.0 Å². The largest absolute Gasteiger partial charge is 0.479 e. The SMILES string of the molecule is CCCCC(=O)Nc1cccc(NC(=S)NC(=O)C(C)Oc2ccc(Cl)cc2Cl)c1. The molecule has 0 aromatic heterocycles. The van der Waals surface area contributed by atoms with E-state index >= 15 is 0 Å². The van der Waals surface area contributed by atoms with E-state index in [1.54, 1.807) is 43.3 Å². The van der Waals surface area contributed by atoms with Crippen LogP contribution in [0.3, 0.4) is 0 Å². The lowest BCUT2D eigenvalue weighted by atomic mass is 10.2. The molecular weight excluding hydrogens is 445 g/mol. The first kappa shape index (κ1) is 23.9. The number of halogens is 2. The summed E-state index contributed by atoms with van der Waals surface area (Å²) in [5.74, 6) is -0.145. The topological polar surface area (TPSA) is 79.5 Å². The number of carbonyl (C=O) groups excluding carboxylic acids is 2. The van der Waals surface area contributed by atoms with E-state index in [-0.39, 0.29) is 11.0 Å². The monoisotopic (exact) mass is 467 g/mol. The minimum atomic E-state index is -0.840. The molecule has 0 radical (unpaired) electrons. The molecule has 0 aliphatic heterocycles. The molecule has 0 saturated heterocycles. The second-order valence-corrected chi connectivity index (χ2v) is 7.76. The van der Waals surface area contributed by atoms with Crippen LogP contribution in [0.1, 0.15) is 33.1 Å². The summed E-state index contributed by atoms with van der Waals surface area (Å²) in [6.07, 6.45) is 1.42. The van der Waals surface area contributed by atoms with Gasteiger partial charge in [-0.15, -0.1) is 0 Å². The third kappa shape index (κ3) is 7.82. The Labute approximate surface area is 191 Å². The first-order valence-corrected chi connectivity index (χ1v) is 10.6. The van der Waals surface area contributed by atoms with Gasteiger partial charge in [-0.1, -0.05) is 42.6 Å². The predicted molar refractivity (Wildman–Crippen MR) is 126 cm³/mol. The number of rotatable bonds is 8. The Balaban J connectivity index is 1.89. The van der Waals surface area contributed by atoms with E-state index in [0.29, 0.717) is 33.6 Å². The van der Waals surface area contributed by atoms with Gasteiger partial charge in [-0.3, -0.25) is 14.9 Å². The number of amides is 2. The summed E-state index contributed by atoms with van der Waals surface area (Å²) >= 11 is 17.1. The van der Waals surface area contributed by atoms with Crippen molar-refractivity contribution in [3.63, 3.8) is 0 Å². The van der Waals surface area contributed by atoms with E-state index in [9.17, 15) is 9.59 Å². The molecule has 0 aliphatic rings. The molecule has 9 heteroatoms. The maximum Gasteiger partial charge on any atom is 0.266 e. The van der Waals surface area contributed by atoms with Crippen molar-refractivity contribution in [2.75, 3.05) is 10.6 Å². The van der Waals surface area contributed by atoms with E-state index in [1.807, 2.05) is 6.92 Å². The molecule has 6 nitrogen and oxygen atoms in total. The lowest BCUT2D eigenvalue weighted by Gasteiger charge is -2.17. The molecule has 0 bridgehead atoms. The summed E-state index contributed by atoms with van der Waals surface area (Å²) < 4.78 is 5.57. The second-order valence-electron chi connectivity index (χ2n) is 6.51. The molecule has 160 valence electrons. The minimum absolute atomic E-state index is 0.0447. The third-order valence-corrected chi connectivity index (χ3v) is 4.70. The zero-order chi connectivity index (χ0) is 22.1. The normalized spacial score (nSPS) is 11.3. The van der Waals surface area contributed by atoms with Gasteiger partial charge in [0.2, 0.25) is 5.91 Å². The Morgan fingerprint density at radius 2 is 1.80 bits per heavy atom. The quantitative estimate of drug-likeness (QED) is 0.452. The summed E-state index contributed by atoms with van der Waals surface area (Å²) in [5, 5.41) is 9.20.